The first-order valence-corrected chi connectivity index (χ1v) is 8.96. The van der Waals surface area contributed by atoms with Crippen molar-refractivity contribution in [2.45, 2.75) is 13.0 Å². The zero-order chi connectivity index (χ0) is 21.7. The number of carbonyl (C=O) groups is 2. The fraction of sp³-hybridized carbons (Fsp3) is 0.0909. The van der Waals surface area contributed by atoms with Gasteiger partial charge in [0.15, 0.2) is 0 Å². The minimum absolute atomic E-state index is 0.0184. The predicted octanol–water partition coefficient (Wildman–Crippen LogP) is 4.15. The van der Waals surface area contributed by atoms with Gasteiger partial charge in [0.2, 0.25) is 6.10 Å². The van der Waals surface area contributed by atoms with Crippen molar-refractivity contribution in [3.63, 3.8) is 0 Å². The molecule has 3 aromatic rings. The highest BCUT2D eigenvalue weighted by molar-refractivity contribution is 6.00. The van der Waals surface area contributed by atoms with Crippen LogP contribution in [0.15, 0.2) is 72.8 Å². The highest BCUT2D eigenvalue weighted by Gasteiger charge is 2.28. The van der Waals surface area contributed by atoms with Gasteiger partial charge in [-0.25, -0.2) is 4.79 Å². The monoisotopic (exact) mass is 406 g/mol. The number of hydrogen-bond acceptors (Lipinski definition) is 6. The Balaban J connectivity index is 1.92. The number of hydrogen-bond donors (Lipinski definition) is 2. The molecule has 30 heavy (non-hydrogen) atoms. The lowest BCUT2D eigenvalue weighted by atomic mass is 10.1. The number of nitro groups is 1. The number of aromatic hydroxyl groups is 1. The van der Waals surface area contributed by atoms with Crippen LogP contribution in [0.1, 0.15) is 27.6 Å². The molecular weight excluding hydrogens is 388 g/mol. The van der Waals surface area contributed by atoms with Crippen molar-refractivity contribution >= 4 is 23.3 Å². The van der Waals surface area contributed by atoms with E-state index in [4.69, 9.17) is 4.74 Å². The number of phenols is 1. The van der Waals surface area contributed by atoms with Gasteiger partial charge in [-0.1, -0.05) is 48.5 Å². The van der Waals surface area contributed by atoms with E-state index >= 15 is 0 Å². The largest absolute Gasteiger partial charge is 0.507 e. The van der Waals surface area contributed by atoms with Gasteiger partial charge in [-0.2, -0.15) is 0 Å². The lowest BCUT2D eigenvalue weighted by Crippen LogP contribution is -2.26. The van der Waals surface area contributed by atoms with E-state index in [0.717, 1.165) is 0 Å². The van der Waals surface area contributed by atoms with Gasteiger partial charge in [0.25, 0.3) is 11.6 Å². The molecule has 0 bridgehead atoms. The van der Waals surface area contributed by atoms with E-state index in [-0.39, 0.29) is 22.7 Å². The van der Waals surface area contributed by atoms with Crippen LogP contribution in [0, 0.1) is 17.0 Å². The maximum Gasteiger partial charge on any atom is 0.343 e. The van der Waals surface area contributed by atoms with Crippen LogP contribution in [0.4, 0.5) is 11.4 Å². The van der Waals surface area contributed by atoms with Gasteiger partial charge in [0.05, 0.1) is 4.92 Å². The van der Waals surface area contributed by atoms with Gasteiger partial charge in [-0.15, -0.1) is 0 Å². The van der Waals surface area contributed by atoms with E-state index < -0.39 is 22.9 Å². The highest BCUT2D eigenvalue weighted by Crippen LogP contribution is 2.28. The number of esters is 1. The number of phenolic OH excluding ortho intramolecular Hbond substituents is 1. The predicted molar refractivity (Wildman–Crippen MR) is 109 cm³/mol. The highest BCUT2D eigenvalue weighted by atomic mass is 16.6. The van der Waals surface area contributed by atoms with Crippen LogP contribution in [0.2, 0.25) is 0 Å². The molecule has 1 amide bonds. The molecule has 0 unspecified atom stereocenters. The molecular formula is C22H18N2O6. The standard InChI is InChI=1S/C22H18N2O6/c1-14-11-12-17(18(13-14)24(28)29)23-21(26)20(15-7-3-2-4-8-15)30-22(27)16-9-5-6-10-19(16)25/h2-13,20,25H,1H3,(H,23,26)/t20-/m0/s1. The van der Waals surface area contributed by atoms with E-state index in [1.54, 1.807) is 55.5 Å². The van der Waals surface area contributed by atoms with Gasteiger partial charge < -0.3 is 15.2 Å². The number of amides is 1. The fourth-order valence-electron chi connectivity index (χ4n) is 2.81. The Kier molecular flexibility index (Phi) is 6.07. The lowest BCUT2D eigenvalue weighted by molar-refractivity contribution is -0.384. The number of anilines is 1. The molecule has 0 aromatic heterocycles. The smallest absolute Gasteiger partial charge is 0.343 e. The number of benzene rings is 3. The van der Waals surface area contributed by atoms with Gasteiger partial charge in [-0.05, 0) is 30.7 Å². The van der Waals surface area contributed by atoms with Crippen molar-refractivity contribution in [1.29, 1.82) is 0 Å². The van der Waals surface area contributed by atoms with E-state index in [9.17, 15) is 24.8 Å². The zero-order valence-electron chi connectivity index (χ0n) is 15.9. The molecule has 3 rings (SSSR count). The molecule has 152 valence electrons. The summed E-state index contributed by atoms with van der Waals surface area (Å²) in [5.74, 6) is -1.96. The Morgan fingerprint density at radius 3 is 2.37 bits per heavy atom. The van der Waals surface area contributed by atoms with Gasteiger partial charge in [0.1, 0.15) is 17.0 Å². The summed E-state index contributed by atoms with van der Waals surface area (Å²) in [6.07, 6.45) is -1.39. The molecule has 0 aliphatic carbocycles. The second-order valence-electron chi connectivity index (χ2n) is 6.48. The Morgan fingerprint density at radius 2 is 1.70 bits per heavy atom. The number of rotatable bonds is 6. The molecule has 1 atom stereocenters. The van der Waals surface area contributed by atoms with Crippen LogP contribution in [-0.4, -0.2) is 21.9 Å². The summed E-state index contributed by atoms with van der Waals surface area (Å²) in [5, 5.41) is 23.7. The normalized spacial score (nSPS) is 11.4. The van der Waals surface area contributed by atoms with Crippen LogP contribution in [0.5, 0.6) is 5.75 Å². The summed E-state index contributed by atoms with van der Waals surface area (Å²) in [4.78, 5) is 36.2. The van der Waals surface area contributed by atoms with Crippen molar-refractivity contribution in [2.24, 2.45) is 0 Å². The molecule has 8 heteroatoms. The third-order valence-corrected chi connectivity index (χ3v) is 4.30. The second kappa shape index (κ2) is 8.87. The number of nitrogens with zero attached hydrogens (tertiary/aromatic N) is 1. The number of nitrogens with one attached hydrogen (secondary N) is 1. The molecule has 0 fully saturated rings. The minimum atomic E-state index is -1.39. The van der Waals surface area contributed by atoms with Crippen molar-refractivity contribution in [1.82, 2.24) is 0 Å². The van der Waals surface area contributed by atoms with Crippen molar-refractivity contribution in [3.8, 4) is 5.75 Å². The van der Waals surface area contributed by atoms with E-state index in [1.807, 2.05) is 0 Å². The molecule has 2 N–H and O–H groups in total. The number of nitro benzene ring substituents is 1. The van der Waals surface area contributed by atoms with Crippen molar-refractivity contribution in [2.75, 3.05) is 5.32 Å². The topological polar surface area (TPSA) is 119 Å². The average molecular weight is 406 g/mol. The van der Waals surface area contributed by atoms with Gasteiger partial charge in [-0.3, -0.25) is 14.9 Å². The van der Waals surface area contributed by atoms with Crippen LogP contribution in [0.3, 0.4) is 0 Å². The number of carbonyl (C=O) groups excluding carboxylic acids is 2. The van der Waals surface area contributed by atoms with Crippen LogP contribution in [0.25, 0.3) is 0 Å². The van der Waals surface area contributed by atoms with Gasteiger partial charge >= 0.3 is 5.97 Å². The quantitative estimate of drug-likeness (QED) is 0.361. The molecule has 0 saturated carbocycles. The Labute approximate surface area is 171 Å². The molecule has 8 nitrogen and oxygen atoms in total. The first-order chi connectivity index (χ1) is 14.4. The molecule has 0 saturated heterocycles. The summed E-state index contributed by atoms with van der Waals surface area (Å²) < 4.78 is 5.38. The SMILES string of the molecule is Cc1ccc(NC(=O)[C@@H](OC(=O)c2ccccc2O)c2ccccc2)c([N+](=O)[O-])c1. The Hall–Kier alpha value is -4.20. The van der Waals surface area contributed by atoms with Crippen molar-refractivity contribution < 1.29 is 24.4 Å². The van der Waals surface area contributed by atoms with E-state index in [0.29, 0.717) is 11.1 Å². The van der Waals surface area contributed by atoms with Crippen LogP contribution < -0.4 is 5.32 Å². The number of aryl methyl sites for hydroxylation is 1. The second-order valence-corrected chi connectivity index (χ2v) is 6.48. The third-order valence-electron chi connectivity index (χ3n) is 4.30. The fourth-order valence-corrected chi connectivity index (χ4v) is 2.81. The molecule has 0 spiro atoms. The van der Waals surface area contributed by atoms with Crippen LogP contribution in [-0.2, 0) is 9.53 Å². The summed E-state index contributed by atoms with van der Waals surface area (Å²) in [5.41, 5.74) is 0.628. The average Bonchev–Trinajstić information content (AvgIpc) is 2.73. The summed E-state index contributed by atoms with van der Waals surface area (Å²) in [6.45, 7) is 1.69. The lowest BCUT2D eigenvalue weighted by Gasteiger charge is -2.18. The van der Waals surface area contributed by atoms with Crippen molar-refractivity contribution in [3.05, 3.63) is 99.6 Å². The molecule has 3 aromatic carbocycles. The number of ether oxygens (including phenoxy) is 1. The number of para-hydroxylation sites is 1. The molecule has 0 heterocycles. The Morgan fingerprint density at radius 1 is 1.03 bits per heavy atom. The van der Waals surface area contributed by atoms with Gasteiger partial charge in [0, 0.05) is 11.6 Å². The summed E-state index contributed by atoms with van der Waals surface area (Å²) in [6, 6.07) is 18.4. The maximum absolute atomic E-state index is 13.0. The summed E-state index contributed by atoms with van der Waals surface area (Å²) in [7, 11) is 0. The zero-order valence-corrected chi connectivity index (χ0v) is 15.9. The Bertz CT molecular complexity index is 1100. The molecule has 0 aliphatic heterocycles. The van der Waals surface area contributed by atoms with Crippen LogP contribution >= 0.6 is 0 Å². The first kappa shape index (κ1) is 20.5. The van der Waals surface area contributed by atoms with E-state index in [1.165, 1.54) is 24.3 Å². The molecule has 0 aliphatic rings. The maximum atomic E-state index is 13.0. The first-order valence-electron chi connectivity index (χ1n) is 8.96. The van der Waals surface area contributed by atoms with E-state index in [2.05, 4.69) is 5.32 Å². The minimum Gasteiger partial charge on any atom is -0.507 e. The third kappa shape index (κ3) is 4.61. The molecule has 0 radical (unpaired) electrons. The summed E-state index contributed by atoms with van der Waals surface area (Å²) >= 11 is 0.